The van der Waals surface area contributed by atoms with Crippen LogP contribution >= 0.6 is 11.6 Å². The lowest BCUT2D eigenvalue weighted by Gasteiger charge is -2.17. The summed E-state index contributed by atoms with van der Waals surface area (Å²) in [6.07, 6.45) is 1.53. The van der Waals surface area contributed by atoms with Gasteiger partial charge < -0.3 is 0 Å². The summed E-state index contributed by atoms with van der Waals surface area (Å²) in [5.41, 5.74) is 4.36. The maximum absolute atomic E-state index is 13.8. The van der Waals surface area contributed by atoms with E-state index in [9.17, 15) is 4.39 Å². The molecule has 2 aromatic rings. The van der Waals surface area contributed by atoms with Gasteiger partial charge in [-0.25, -0.2) is 4.39 Å². The van der Waals surface area contributed by atoms with Crippen LogP contribution < -0.4 is 11.3 Å². The van der Waals surface area contributed by atoms with Crippen LogP contribution in [0.25, 0.3) is 0 Å². The first-order valence-corrected chi connectivity index (χ1v) is 6.53. The standard InChI is InChI=1S/C15H16ClFN2/c16-12-7-8-14(17)13(10-12)15(19-18)9-6-11-4-2-1-3-5-11/h1-5,7-8,10,15,19H,6,9,18H2. The zero-order chi connectivity index (χ0) is 13.7. The van der Waals surface area contributed by atoms with E-state index in [-0.39, 0.29) is 11.9 Å². The van der Waals surface area contributed by atoms with Crippen molar-refractivity contribution in [1.82, 2.24) is 5.43 Å². The second kappa shape index (κ2) is 6.66. The minimum absolute atomic E-state index is 0.251. The van der Waals surface area contributed by atoms with E-state index in [0.717, 1.165) is 6.42 Å². The van der Waals surface area contributed by atoms with Crippen LogP contribution in [0.2, 0.25) is 5.02 Å². The van der Waals surface area contributed by atoms with Crippen molar-refractivity contribution >= 4 is 11.6 Å². The van der Waals surface area contributed by atoms with E-state index in [2.05, 4.69) is 5.43 Å². The Morgan fingerprint density at radius 1 is 1.16 bits per heavy atom. The molecule has 3 N–H and O–H groups in total. The molecule has 100 valence electrons. The molecule has 2 aromatic carbocycles. The molecule has 0 fully saturated rings. The molecule has 0 aliphatic rings. The molecule has 0 aliphatic heterocycles. The predicted octanol–water partition coefficient (Wildman–Crippen LogP) is 3.62. The fourth-order valence-corrected chi connectivity index (χ4v) is 2.25. The average Bonchev–Trinajstić information content (AvgIpc) is 2.44. The molecule has 0 amide bonds. The summed E-state index contributed by atoms with van der Waals surface area (Å²) in [5, 5.41) is 0.511. The average molecular weight is 279 g/mol. The number of hydrogen-bond donors (Lipinski definition) is 2. The second-order valence-corrected chi connectivity index (χ2v) is 4.85. The lowest BCUT2D eigenvalue weighted by Crippen LogP contribution is -2.29. The van der Waals surface area contributed by atoms with Crippen LogP contribution in [-0.2, 0) is 6.42 Å². The zero-order valence-corrected chi connectivity index (χ0v) is 11.2. The van der Waals surface area contributed by atoms with Gasteiger partial charge in [0.25, 0.3) is 0 Å². The van der Waals surface area contributed by atoms with Crippen molar-refractivity contribution < 1.29 is 4.39 Å². The molecule has 2 nitrogen and oxygen atoms in total. The fourth-order valence-electron chi connectivity index (χ4n) is 2.07. The first-order chi connectivity index (χ1) is 9.20. The van der Waals surface area contributed by atoms with Gasteiger partial charge in [-0.2, -0.15) is 0 Å². The minimum atomic E-state index is -0.291. The summed E-state index contributed by atoms with van der Waals surface area (Å²) >= 11 is 5.90. The highest BCUT2D eigenvalue weighted by Gasteiger charge is 2.14. The van der Waals surface area contributed by atoms with Crippen molar-refractivity contribution in [3.05, 3.63) is 70.5 Å². The Hall–Kier alpha value is -1.42. The van der Waals surface area contributed by atoms with Gasteiger partial charge >= 0.3 is 0 Å². The molecule has 0 heterocycles. The Morgan fingerprint density at radius 3 is 2.58 bits per heavy atom. The lowest BCUT2D eigenvalue weighted by molar-refractivity contribution is 0.485. The lowest BCUT2D eigenvalue weighted by atomic mass is 9.99. The molecule has 4 heteroatoms. The number of hydrogen-bond acceptors (Lipinski definition) is 2. The Labute approximate surface area is 117 Å². The molecule has 1 atom stereocenters. The molecular weight excluding hydrogens is 263 g/mol. The number of nitrogens with one attached hydrogen (secondary N) is 1. The second-order valence-electron chi connectivity index (χ2n) is 4.41. The number of rotatable bonds is 5. The third-order valence-electron chi connectivity index (χ3n) is 3.10. The summed E-state index contributed by atoms with van der Waals surface area (Å²) in [5.74, 6) is 5.24. The van der Waals surface area contributed by atoms with Crippen molar-refractivity contribution in [3.63, 3.8) is 0 Å². The molecular formula is C15H16ClFN2. The fraction of sp³-hybridized carbons (Fsp3) is 0.200. The highest BCUT2D eigenvalue weighted by atomic mass is 35.5. The van der Waals surface area contributed by atoms with E-state index in [1.54, 1.807) is 6.07 Å². The van der Waals surface area contributed by atoms with Crippen LogP contribution in [0.5, 0.6) is 0 Å². The quantitative estimate of drug-likeness (QED) is 0.648. The zero-order valence-electron chi connectivity index (χ0n) is 10.4. The highest BCUT2D eigenvalue weighted by molar-refractivity contribution is 6.30. The van der Waals surface area contributed by atoms with E-state index < -0.39 is 0 Å². The Balaban J connectivity index is 2.10. The van der Waals surface area contributed by atoms with E-state index in [0.29, 0.717) is 17.0 Å². The van der Waals surface area contributed by atoms with Gasteiger partial charge in [0.2, 0.25) is 0 Å². The molecule has 0 saturated heterocycles. The molecule has 0 spiro atoms. The van der Waals surface area contributed by atoms with Gasteiger partial charge in [-0.05, 0) is 36.6 Å². The van der Waals surface area contributed by atoms with E-state index in [4.69, 9.17) is 17.4 Å². The molecule has 0 bridgehead atoms. The number of benzene rings is 2. The Morgan fingerprint density at radius 2 is 1.89 bits per heavy atom. The molecule has 19 heavy (non-hydrogen) atoms. The van der Waals surface area contributed by atoms with Gasteiger partial charge in [0, 0.05) is 16.6 Å². The van der Waals surface area contributed by atoms with Gasteiger partial charge in [0.1, 0.15) is 5.82 Å². The predicted molar refractivity (Wildman–Crippen MR) is 76.2 cm³/mol. The number of aryl methyl sites for hydroxylation is 1. The summed E-state index contributed by atoms with van der Waals surface area (Å²) in [7, 11) is 0. The van der Waals surface area contributed by atoms with Crippen molar-refractivity contribution in [3.8, 4) is 0 Å². The molecule has 1 unspecified atom stereocenters. The normalized spacial score (nSPS) is 12.4. The summed E-state index contributed by atoms with van der Waals surface area (Å²) in [6.45, 7) is 0. The van der Waals surface area contributed by atoms with Gasteiger partial charge in [-0.3, -0.25) is 11.3 Å². The van der Waals surface area contributed by atoms with E-state index in [1.165, 1.54) is 17.7 Å². The molecule has 0 aliphatic carbocycles. The Bertz CT molecular complexity index is 531. The van der Waals surface area contributed by atoms with Crippen molar-refractivity contribution in [2.75, 3.05) is 0 Å². The van der Waals surface area contributed by atoms with Crippen LogP contribution in [-0.4, -0.2) is 0 Å². The van der Waals surface area contributed by atoms with Crippen molar-refractivity contribution in [1.29, 1.82) is 0 Å². The smallest absolute Gasteiger partial charge is 0.128 e. The molecule has 0 saturated carbocycles. The molecule has 0 aromatic heterocycles. The van der Waals surface area contributed by atoms with Gasteiger partial charge in [0.05, 0.1) is 0 Å². The van der Waals surface area contributed by atoms with Gasteiger partial charge in [-0.1, -0.05) is 41.9 Å². The summed E-state index contributed by atoms with van der Waals surface area (Å²) in [4.78, 5) is 0. The van der Waals surface area contributed by atoms with Crippen molar-refractivity contribution in [2.45, 2.75) is 18.9 Å². The first-order valence-electron chi connectivity index (χ1n) is 6.15. The van der Waals surface area contributed by atoms with Gasteiger partial charge in [0.15, 0.2) is 0 Å². The van der Waals surface area contributed by atoms with E-state index in [1.807, 2.05) is 30.3 Å². The number of nitrogens with two attached hydrogens (primary N) is 1. The van der Waals surface area contributed by atoms with Crippen LogP contribution in [0.3, 0.4) is 0 Å². The topological polar surface area (TPSA) is 38.0 Å². The van der Waals surface area contributed by atoms with Crippen LogP contribution in [0.1, 0.15) is 23.6 Å². The molecule has 2 rings (SSSR count). The van der Waals surface area contributed by atoms with Crippen LogP contribution in [0.4, 0.5) is 4.39 Å². The highest BCUT2D eigenvalue weighted by Crippen LogP contribution is 2.24. The van der Waals surface area contributed by atoms with Crippen LogP contribution in [0.15, 0.2) is 48.5 Å². The van der Waals surface area contributed by atoms with Crippen molar-refractivity contribution in [2.24, 2.45) is 5.84 Å². The third-order valence-corrected chi connectivity index (χ3v) is 3.33. The third kappa shape index (κ3) is 3.77. The maximum atomic E-state index is 13.8. The van der Waals surface area contributed by atoms with Gasteiger partial charge in [-0.15, -0.1) is 0 Å². The minimum Gasteiger partial charge on any atom is -0.271 e. The number of hydrazine groups is 1. The first kappa shape index (κ1) is 14.0. The number of halogens is 2. The summed E-state index contributed by atoms with van der Waals surface area (Å²) in [6, 6.07) is 14.3. The van der Waals surface area contributed by atoms with Crippen LogP contribution in [0, 0.1) is 5.82 Å². The Kier molecular flexibility index (Phi) is 4.91. The SMILES string of the molecule is NNC(CCc1ccccc1)c1cc(Cl)ccc1F. The maximum Gasteiger partial charge on any atom is 0.128 e. The summed E-state index contributed by atoms with van der Waals surface area (Å²) < 4.78 is 13.8. The van der Waals surface area contributed by atoms with E-state index >= 15 is 0 Å². The monoisotopic (exact) mass is 278 g/mol. The largest absolute Gasteiger partial charge is 0.271 e. The molecule has 0 radical (unpaired) electrons.